The van der Waals surface area contributed by atoms with Gasteiger partial charge < -0.3 is 15.0 Å². The van der Waals surface area contributed by atoms with Crippen molar-refractivity contribution >= 4 is 23.3 Å². The third-order valence-corrected chi connectivity index (χ3v) is 4.81. The van der Waals surface area contributed by atoms with Gasteiger partial charge in [0.05, 0.1) is 38.8 Å². The smallest absolute Gasteiger partial charge is 0.410 e. The summed E-state index contributed by atoms with van der Waals surface area (Å²) in [6.45, 7) is 7.49. The first-order valence-corrected chi connectivity index (χ1v) is 8.56. The summed E-state index contributed by atoms with van der Waals surface area (Å²) in [4.78, 5) is 27.8. The monoisotopic (exact) mass is 326 g/mol. The van der Waals surface area contributed by atoms with Crippen LogP contribution in [0, 0.1) is 0 Å². The molecule has 2 N–H and O–H groups in total. The van der Waals surface area contributed by atoms with Crippen LogP contribution in [0.1, 0.15) is 24.8 Å². The summed E-state index contributed by atoms with van der Waals surface area (Å²) in [5.74, 6) is 0.0560. The van der Waals surface area contributed by atoms with Gasteiger partial charge in [0.2, 0.25) is 0 Å². The minimum absolute atomic E-state index is 0.0488. The van der Waals surface area contributed by atoms with Crippen molar-refractivity contribution in [3.05, 3.63) is 22.4 Å². The highest BCUT2D eigenvalue weighted by Gasteiger charge is 2.26. The molecule has 6 nitrogen and oxygen atoms in total. The maximum atomic E-state index is 12.1. The minimum atomic E-state index is -0.252. The molecular formula is C15H24N3O3S+. The fourth-order valence-corrected chi connectivity index (χ4v) is 3.26. The summed E-state index contributed by atoms with van der Waals surface area (Å²) in [6.07, 6.45) is -0.252. The van der Waals surface area contributed by atoms with Crippen molar-refractivity contribution in [3.63, 3.8) is 0 Å². The number of carbonyl (C=O) groups is 2. The lowest BCUT2D eigenvalue weighted by Gasteiger charge is -2.31. The van der Waals surface area contributed by atoms with Gasteiger partial charge in [0.1, 0.15) is 0 Å². The lowest BCUT2D eigenvalue weighted by molar-refractivity contribution is -0.896. The number of hydrogen-bond donors (Lipinski definition) is 2. The first kappa shape index (κ1) is 16.8. The van der Waals surface area contributed by atoms with E-state index in [0.29, 0.717) is 26.2 Å². The van der Waals surface area contributed by atoms with Gasteiger partial charge in [-0.2, -0.15) is 0 Å². The Balaban J connectivity index is 1.71. The van der Waals surface area contributed by atoms with E-state index in [1.54, 1.807) is 23.2 Å². The summed E-state index contributed by atoms with van der Waals surface area (Å²) in [7, 11) is 0. The molecule has 0 saturated carbocycles. The Morgan fingerprint density at radius 3 is 2.77 bits per heavy atom. The molecule has 122 valence electrons. The van der Waals surface area contributed by atoms with Crippen molar-refractivity contribution in [2.45, 2.75) is 19.9 Å². The fraction of sp³-hybridized carbons (Fsp3) is 0.600. The van der Waals surface area contributed by atoms with Crippen LogP contribution in [0.4, 0.5) is 4.79 Å². The second kappa shape index (κ2) is 8.14. The number of thiophene rings is 1. The fourth-order valence-electron chi connectivity index (χ4n) is 2.53. The Morgan fingerprint density at radius 1 is 1.45 bits per heavy atom. The molecule has 1 atom stereocenters. The maximum absolute atomic E-state index is 12.1. The molecule has 2 amide bonds. The molecule has 1 aromatic rings. The zero-order valence-corrected chi connectivity index (χ0v) is 13.9. The average molecular weight is 326 g/mol. The van der Waals surface area contributed by atoms with Crippen molar-refractivity contribution in [2.24, 2.45) is 0 Å². The van der Waals surface area contributed by atoms with Crippen molar-refractivity contribution in [2.75, 3.05) is 39.3 Å². The SMILES string of the molecule is CCOC(=O)N1CC[NH+](CC(=O)N[C@H](C)c2cccs2)CC1. The molecule has 1 saturated heterocycles. The molecule has 0 aliphatic carbocycles. The Morgan fingerprint density at radius 2 is 2.18 bits per heavy atom. The van der Waals surface area contributed by atoms with Crippen molar-refractivity contribution in [1.29, 1.82) is 0 Å². The summed E-state index contributed by atoms with van der Waals surface area (Å²) in [5.41, 5.74) is 0. The van der Waals surface area contributed by atoms with E-state index in [0.717, 1.165) is 18.0 Å². The second-order valence-corrected chi connectivity index (χ2v) is 6.40. The van der Waals surface area contributed by atoms with Crippen LogP contribution in [-0.4, -0.2) is 56.2 Å². The van der Waals surface area contributed by atoms with E-state index in [2.05, 4.69) is 5.32 Å². The average Bonchev–Trinajstić information content (AvgIpc) is 3.02. The highest BCUT2D eigenvalue weighted by atomic mass is 32.1. The van der Waals surface area contributed by atoms with E-state index in [-0.39, 0.29) is 18.0 Å². The van der Waals surface area contributed by atoms with Crippen LogP contribution < -0.4 is 10.2 Å². The Bertz CT molecular complexity index is 484. The van der Waals surface area contributed by atoms with Gasteiger partial charge in [-0.3, -0.25) is 9.69 Å². The molecular weight excluding hydrogens is 302 g/mol. The predicted molar refractivity (Wildman–Crippen MR) is 85.0 cm³/mol. The standard InChI is InChI=1S/C15H23N3O3S/c1-3-21-15(20)18-8-6-17(7-9-18)11-14(19)16-12(2)13-5-4-10-22-13/h4-5,10,12H,3,6-9,11H2,1-2H3,(H,16,19)/p+1/t12-/m1/s1. The number of ether oxygens (including phenoxy) is 1. The van der Waals surface area contributed by atoms with Crippen LogP contribution in [0.5, 0.6) is 0 Å². The van der Waals surface area contributed by atoms with E-state index in [1.807, 2.05) is 24.4 Å². The first-order valence-electron chi connectivity index (χ1n) is 7.68. The minimum Gasteiger partial charge on any atom is -0.450 e. The van der Waals surface area contributed by atoms with Gasteiger partial charge in [-0.25, -0.2) is 4.79 Å². The topological polar surface area (TPSA) is 63.1 Å². The number of nitrogens with zero attached hydrogens (tertiary/aromatic N) is 1. The van der Waals surface area contributed by atoms with Gasteiger partial charge >= 0.3 is 6.09 Å². The third kappa shape index (κ3) is 4.71. The zero-order valence-electron chi connectivity index (χ0n) is 13.1. The van der Waals surface area contributed by atoms with Crippen LogP contribution in [0.3, 0.4) is 0 Å². The quantitative estimate of drug-likeness (QED) is 0.817. The largest absolute Gasteiger partial charge is 0.450 e. The van der Waals surface area contributed by atoms with Gasteiger partial charge in [-0.15, -0.1) is 11.3 Å². The van der Waals surface area contributed by atoms with Crippen molar-refractivity contribution in [3.8, 4) is 0 Å². The molecule has 0 radical (unpaired) electrons. The molecule has 7 heteroatoms. The Kier molecular flexibility index (Phi) is 6.21. The van der Waals surface area contributed by atoms with E-state index in [4.69, 9.17) is 4.74 Å². The van der Waals surface area contributed by atoms with Gasteiger partial charge in [0.25, 0.3) is 5.91 Å². The number of hydrogen-bond acceptors (Lipinski definition) is 4. The number of amides is 2. The third-order valence-electron chi connectivity index (χ3n) is 3.75. The van der Waals surface area contributed by atoms with E-state index >= 15 is 0 Å². The second-order valence-electron chi connectivity index (χ2n) is 5.42. The molecule has 0 spiro atoms. The molecule has 2 heterocycles. The number of rotatable bonds is 5. The van der Waals surface area contributed by atoms with Crippen molar-refractivity contribution in [1.82, 2.24) is 10.2 Å². The number of quaternary nitrogens is 1. The molecule has 1 aromatic heterocycles. The highest BCUT2D eigenvalue weighted by molar-refractivity contribution is 7.10. The molecule has 0 unspecified atom stereocenters. The summed E-state index contributed by atoms with van der Waals surface area (Å²) in [6, 6.07) is 4.07. The number of carbonyl (C=O) groups excluding carboxylic acids is 2. The van der Waals surface area contributed by atoms with Crippen LogP contribution >= 0.6 is 11.3 Å². The van der Waals surface area contributed by atoms with E-state index in [1.165, 1.54) is 4.90 Å². The molecule has 2 rings (SSSR count). The van der Waals surface area contributed by atoms with Gasteiger partial charge in [0.15, 0.2) is 6.54 Å². The van der Waals surface area contributed by atoms with E-state index < -0.39 is 0 Å². The van der Waals surface area contributed by atoms with Gasteiger partial charge in [0, 0.05) is 4.88 Å². The van der Waals surface area contributed by atoms with Gasteiger partial charge in [-0.05, 0) is 25.3 Å². The molecule has 0 bridgehead atoms. The normalized spacial score (nSPS) is 17.1. The number of nitrogens with one attached hydrogen (secondary N) is 2. The van der Waals surface area contributed by atoms with Crippen LogP contribution in [0.2, 0.25) is 0 Å². The molecule has 1 aliphatic rings. The highest BCUT2D eigenvalue weighted by Crippen LogP contribution is 2.17. The van der Waals surface area contributed by atoms with Crippen LogP contribution in [0.25, 0.3) is 0 Å². The summed E-state index contributed by atoms with van der Waals surface area (Å²) in [5, 5.41) is 5.04. The van der Waals surface area contributed by atoms with Gasteiger partial charge in [-0.1, -0.05) is 6.07 Å². The summed E-state index contributed by atoms with van der Waals surface area (Å²) >= 11 is 1.65. The van der Waals surface area contributed by atoms with Crippen molar-refractivity contribution < 1.29 is 19.2 Å². The Hall–Kier alpha value is -1.60. The molecule has 1 fully saturated rings. The van der Waals surface area contributed by atoms with Crippen LogP contribution in [0.15, 0.2) is 17.5 Å². The number of piperazine rings is 1. The lowest BCUT2D eigenvalue weighted by Crippen LogP contribution is -3.15. The zero-order chi connectivity index (χ0) is 15.9. The molecule has 22 heavy (non-hydrogen) atoms. The molecule has 0 aromatic carbocycles. The molecule has 1 aliphatic heterocycles. The van der Waals surface area contributed by atoms with E-state index in [9.17, 15) is 9.59 Å². The predicted octanol–water partition coefficient (Wildman–Crippen LogP) is 0.282. The van der Waals surface area contributed by atoms with Crippen LogP contribution in [-0.2, 0) is 9.53 Å². The maximum Gasteiger partial charge on any atom is 0.410 e. The summed E-state index contributed by atoms with van der Waals surface area (Å²) < 4.78 is 4.99. The Labute approximate surface area is 135 Å². The first-order chi connectivity index (χ1) is 10.6. The lowest BCUT2D eigenvalue weighted by atomic mass is 10.2.